The Labute approximate surface area is 242 Å². The molecule has 0 aliphatic carbocycles. The molecule has 2 aliphatic heterocycles. The molecule has 2 aromatic heterocycles. The first-order chi connectivity index (χ1) is 20.2. The molecular weight excluding hydrogens is 639 g/mol. The number of aromatic nitrogens is 4. The number of hydrogen-bond acceptors (Lipinski definition) is 17. The predicted octanol–water partition coefficient (Wildman–Crippen LogP) is -0.327. The van der Waals surface area contributed by atoms with Gasteiger partial charge in [-0.15, -0.1) is 0 Å². The summed E-state index contributed by atoms with van der Waals surface area (Å²) in [6.07, 6.45) is -4.08. The number of carbonyl (C=O) groups is 1. The monoisotopic (exact) mass is 662 g/mol. The van der Waals surface area contributed by atoms with Crippen molar-refractivity contribution in [2.75, 3.05) is 18.5 Å². The lowest BCUT2D eigenvalue weighted by atomic mass is 10.1. The zero-order chi connectivity index (χ0) is 31.0. The van der Waals surface area contributed by atoms with Crippen molar-refractivity contribution in [3.8, 4) is 0 Å². The Morgan fingerprint density at radius 1 is 1.00 bits per heavy atom. The van der Waals surface area contributed by atoms with Crippen LogP contribution in [0.5, 0.6) is 0 Å². The van der Waals surface area contributed by atoms with Crippen LogP contribution in [0, 0.1) is 0 Å². The van der Waals surface area contributed by atoms with E-state index >= 15 is 0 Å². The van der Waals surface area contributed by atoms with Crippen molar-refractivity contribution < 1.29 is 65.6 Å². The van der Waals surface area contributed by atoms with Crippen molar-refractivity contribution in [1.29, 1.82) is 0 Å². The van der Waals surface area contributed by atoms with E-state index in [0.29, 0.717) is 6.42 Å². The second kappa shape index (κ2) is 12.4. The minimum Gasteiger partial charge on any atom is -0.778 e. The zero-order valence-electron chi connectivity index (χ0n) is 21.7. The van der Waals surface area contributed by atoms with Gasteiger partial charge in [-0.3, -0.25) is 22.8 Å². The molecule has 1 aromatic carbocycles. The summed E-state index contributed by atoms with van der Waals surface area (Å²) >= 11 is 0. The van der Waals surface area contributed by atoms with E-state index in [-0.39, 0.29) is 17.0 Å². The topological polar surface area (TPSA) is 283 Å². The summed E-state index contributed by atoms with van der Waals surface area (Å²) in [6, 6.07) is 9.21. The Kier molecular flexibility index (Phi) is 9.17. The van der Waals surface area contributed by atoms with E-state index in [4.69, 9.17) is 29.6 Å². The van der Waals surface area contributed by atoms with Crippen LogP contribution in [0.4, 0.5) is 5.82 Å². The fourth-order valence-electron chi connectivity index (χ4n) is 4.47. The molecule has 8 atom stereocenters. The lowest BCUT2D eigenvalue weighted by Gasteiger charge is -2.35. The van der Waals surface area contributed by atoms with E-state index in [1.54, 1.807) is 0 Å². The van der Waals surface area contributed by atoms with Crippen LogP contribution in [0.15, 0.2) is 43.0 Å². The number of carboxylic acids is 1. The van der Waals surface area contributed by atoms with Crippen LogP contribution >= 0.6 is 23.2 Å². The van der Waals surface area contributed by atoms with Gasteiger partial charge >= 0.3 is 5.97 Å². The smallest absolute Gasteiger partial charge is 0.303 e. The Morgan fingerprint density at radius 2 is 1.72 bits per heavy atom. The van der Waals surface area contributed by atoms with E-state index in [0.717, 1.165) is 5.56 Å². The standard InChI is InChI=1S/C21H26N5O14P3/c22-19-16-20(24-10-23-19)26(11-25-16)21-18-17(37-15(38-18)8-12-4-2-1-3-5-12)13(36-21)9-35-42(31,32)40-43(33,34)39-41(29,30)7-6-14(27)28/h1-5,10-11,13,15,17-18,21H,6-9H2,(H,27,28)(H,29,30)(H,31,32)(H,33,34)(H2,22,23,24)/p-3/t13-,15?,17?,18+,21-/m1/s1. The number of benzene rings is 1. The number of nitrogen functional groups attached to an aromatic ring is 1. The molecule has 5 rings (SSSR count). The molecule has 4 heterocycles. The molecule has 2 aliphatic rings. The lowest BCUT2D eigenvalue weighted by molar-refractivity contribution is -0.246. The third-order valence-corrected chi connectivity index (χ3v) is 10.9. The molecule has 3 N–H and O–H groups in total. The Bertz CT molecular complexity index is 1630. The third kappa shape index (κ3) is 7.72. The maximum atomic E-state index is 12.3. The number of anilines is 1. The summed E-state index contributed by atoms with van der Waals surface area (Å²) < 4.78 is 68.0. The van der Waals surface area contributed by atoms with Crippen molar-refractivity contribution >= 4 is 46.2 Å². The number of nitrogens with two attached hydrogens (primary N) is 1. The number of carboxylic acid groups (broad SMARTS) is 1. The number of phosphoric ester groups is 1. The zero-order valence-corrected chi connectivity index (χ0v) is 24.4. The Morgan fingerprint density at radius 3 is 2.44 bits per heavy atom. The number of rotatable bonds is 13. The Balaban J connectivity index is 1.30. The highest BCUT2D eigenvalue weighted by atomic mass is 31.3. The van der Waals surface area contributed by atoms with E-state index in [2.05, 4.69) is 23.6 Å². The maximum Gasteiger partial charge on any atom is 0.303 e. The highest BCUT2D eigenvalue weighted by Crippen LogP contribution is 2.62. The average Bonchev–Trinajstić information content (AvgIpc) is 3.60. The van der Waals surface area contributed by atoms with Crippen molar-refractivity contribution in [1.82, 2.24) is 19.5 Å². The van der Waals surface area contributed by atoms with Crippen LogP contribution in [0.25, 0.3) is 11.2 Å². The van der Waals surface area contributed by atoms with Gasteiger partial charge in [0, 0.05) is 12.6 Å². The third-order valence-electron chi connectivity index (χ3n) is 6.23. The molecule has 0 radical (unpaired) electrons. The molecule has 0 bridgehead atoms. The fourth-order valence-corrected chi connectivity index (χ4v) is 8.36. The highest BCUT2D eigenvalue weighted by Gasteiger charge is 2.54. The second-order valence-corrected chi connectivity index (χ2v) is 14.3. The Hall–Kier alpha value is -2.63. The number of phosphoric acid groups is 2. The number of aliphatic carboxylic acids is 1. The largest absolute Gasteiger partial charge is 0.778 e. The highest BCUT2D eigenvalue weighted by molar-refractivity contribution is 7.66. The molecule has 0 spiro atoms. The number of ether oxygens (including phenoxy) is 3. The van der Waals surface area contributed by atoms with Crippen LogP contribution in [-0.2, 0) is 52.3 Å². The van der Waals surface area contributed by atoms with Crippen LogP contribution in [0.3, 0.4) is 0 Å². The van der Waals surface area contributed by atoms with Crippen molar-refractivity contribution in [2.45, 2.75) is 43.7 Å². The molecule has 2 saturated heterocycles. The molecule has 5 unspecified atom stereocenters. The first kappa shape index (κ1) is 31.8. The van der Waals surface area contributed by atoms with Crippen LogP contribution in [0.1, 0.15) is 18.2 Å². The molecule has 0 saturated carbocycles. The number of imidazole rings is 1. The van der Waals surface area contributed by atoms with Crippen LogP contribution in [0.2, 0.25) is 0 Å². The first-order valence-electron chi connectivity index (χ1n) is 12.4. The van der Waals surface area contributed by atoms with Gasteiger partial charge in [0.2, 0.25) is 0 Å². The normalized spacial score (nSPS) is 27.7. The van der Waals surface area contributed by atoms with Gasteiger partial charge in [-0.1, -0.05) is 30.3 Å². The minimum absolute atomic E-state index is 0.100. The van der Waals surface area contributed by atoms with E-state index < -0.39 is 79.2 Å². The van der Waals surface area contributed by atoms with Gasteiger partial charge in [0.15, 0.2) is 24.0 Å². The summed E-state index contributed by atoms with van der Waals surface area (Å²) in [5.74, 6) is -1.46. The molecule has 22 heteroatoms. The van der Waals surface area contributed by atoms with Gasteiger partial charge in [-0.2, -0.15) is 0 Å². The molecule has 43 heavy (non-hydrogen) atoms. The summed E-state index contributed by atoms with van der Waals surface area (Å²) in [6.45, 7) is -0.850. The maximum absolute atomic E-state index is 12.3. The van der Waals surface area contributed by atoms with Gasteiger partial charge in [0.05, 0.1) is 19.4 Å². The molecule has 19 nitrogen and oxygen atoms in total. The lowest BCUT2D eigenvalue weighted by Crippen LogP contribution is -2.32. The van der Waals surface area contributed by atoms with Gasteiger partial charge in [0.25, 0.3) is 15.6 Å². The van der Waals surface area contributed by atoms with Gasteiger partial charge in [-0.05, 0) is 5.56 Å². The second-order valence-electron chi connectivity index (χ2n) is 9.30. The minimum atomic E-state index is -6.07. The summed E-state index contributed by atoms with van der Waals surface area (Å²) in [7, 11) is -17.2. The van der Waals surface area contributed by atoms with Gasteiger partial charge in [-0.25, -0.2) is 19.3 Å². The van der Waals surface area contributed by atoms with E-state index in [1.807, 2.05) is 30.3 Å². The molecule has 0 amide bonds. The molecular formula is C21H23N5O14P3-3. The SMILES string of the molecule is Nc1ncnc2c1ncn2[C@@H]1O[C@H](COP(=O)([O-])OP(=O)([O-])OP(=O)([O-])CCC(=O)O)C2OC(Cc3ccccc3)O[C@@H]21. The van der Waals surface area contributed by atoms with Crippen molar-refractivity contribution in [2.24, 2.45) is 0 Å². The van der Waals surface area contributed by atoms with Crippen molar-refractivity contribution in [3.63, 3.8) is 0 Å². The number of fused-ring (bicyclic) bond motifs is 2. The summed E-state index contributed by atoms with van der Waals surface area (Å²) in [5.41, 5.74) is 7.31. The fraction of sp³-hybridized carbons (Fsp3) is 0.429. The molecule has 234 valence electrons. The van der Waals surface area contributed by atoms with Gasteiger partial charge in [0.1, 0.15) is 37.8 Å². The summed E-state index contributed by atoms with van der Waals surface area (Å²) in [4.78, 5) is 58.9. The average molecular weight is 662 g/mol. The molecule has 2 fully saturated rings. The van der Waals surface area contributed by atoms with Crippen LogP contribution < -0.4 is 20.4 Å². The van der Waals surface area contributed by atoms with Crippen molar-refractivity contribution in [3.05, 3.63) is 48.5 Å². The first-order valence-corrected chi connectivity index (χ1v) is 17.0. The van der Waals surface area contributed by atoms with E-state index in [9.17, 15) is 33.2 Å². The van der Waals surface area contributed by atoms with Crippen LogP contribution in [-0.4, -0.2) is 68.0 Å². The predicted molar refractivity (Wildman–Crippen MR) is 135 cm³/mol. The molecule has 3 aromatic rings. The van der Waals surface area contributed by atoms with E-state index in [1.165, 1.54) is 17.2 Å². The number of nitrogens with zero attached hydrogens (tertiary/aromatic N) is 4. The quantitative estimate of drug-likeness (QED) is 0.222. The van der Waals surface area contributed by atoms with Gasteiger partial charge < -0.3 is 48.8 Å². The summed E-state index contributed by atoms with van der Waals surface area (Å²) in [5, 5.41) is 8.58. The number of hydrogen-bond donors (Lipinski definition) is 2.